The van der Waals surface area contributed by atoms with E-state index in [0.717, 1.165) is 0 Å². The maximum absolute atomic E-state index is 12.8. The third kappa shape index (κ3) is 3.72. The first-order chi connectivity index (χ1) is 12.1. The van der Waals surface area contributed by atoms with E-state index in [0.29, 0.717) is 10.6 Å². The summed E-state index contributed by atoms with van der Waals surface area (Å²) in [6.07, 6.45) is -4.61. The number of rotatable bonds is 4. The number of hydrogen-bond donors (Lipinski definition) is 1. The van der Waals surface area contributed by atoms with Gasteiger partial charge in [-0.05, 0) is 31.0 Å². The lowest BCUT2D eigenvalue weighted by Gasteiger charge is -2.25. The van der Waals surface area contributed by atoms with E-state index in [9.17, 15) is 21.6 Å². The monoisotopic (exact) mass is 408 g/mol. The largest absolute Gasteiger partial charge is 0.392 e. The van der Waals surface area contributed by atoms with E-state index < -0.39 is 22.1 Å². The summed E-state index contributed by atoms with van der Waals surface area (Å²) in [7, 11) is -3.85. The Kier molecular flexibility index (Phi) is 5.02. The normalized spacial score (nSPS) is 18.0. The molecule has 0 aliphatic carbocycles. The van der Waals surface area contributed by atoms with Crippen LogP contribution in [0.3, 0.4) is 0 Å². The summed E-state index contributed by atoms with van der Waals surface area (Å²) in [4.78, 5) is 0.0421. The third-order valence-electron chi connectivity index (χ3n) is 4.42. The van der Waals surface area contributed by atoms with Crippen LogP contribution in [-0.2, 0) is 29.5 Å². The average Bonchev–Trinajstić information content (AvgIpc) is 2.97. The van der Waals surface area contributed by atoms with Gasteiger partial charge in [0.15, 0.2) is 0 Å². The van der Waals surface area contributed by atoms with E-state index >= 15 is 0 Å². The van der Waals surface area contributed by atoms with Crippen molar-refractivity contribution < 1.29 is 21.6 Å². The maximum atomic E-state index is 12.8. The van der Waals surface area contributed by atoms with Crippen molar-refractivity contribution in [3.05, 3.63) is 40.4 Å². The standard InChI is InChI=1S/C15H16ClF3N4O2S/c1-9-11(16)3-2-4-12(9)26(24,25)20-8-14-22-21-13-7-10(15(17,18)19)5-6-23(13)14/h2-4,10,20H,5-8H2,1H3. The first kappa shape index (κ1) is 19.1. The highest BCUT2D eigenvalue weighted by Gasteiger charge is 2.42. The van der Waals surface area contributed by atoms with Crippen molar-refractivity contribution in [1.82, 2.24) is 19.5 Å². The number of nitrogens with one attached hydrogen (secondary N) is 1. The predicted molar refractivity (Wildman–Crippen MR) is 88.1 cm³/mol. The molecule has 2 aromatic rings. The second kappa shape index (κ2) is 6.82. The van der Waals surface area contributed by atoms with E-state index in [4.69, 9.17) is 11.6 Å². The van der Waals surface area contributed by atoms with Crippen LogP contribution in [0.2, 0.25) is 5.02 Å². The molecule has 1 unspecified atom stereocenters. The van der Waals surface area contributed by atoms with Crippen molar-refractivity contribution in [2.75, 3.05) is 0 Å². The summed E-state index contributed by atoms with van der Waals surface area (Å²) in [5.41, 5.74) is 0.415. The van der Waals surface area contributed by atoms with Gasteiger partial charge in [-0.2, -0.15) is 13.2 Å². The van der Waals surface area contributed by atoms with E-state index in [1.807, 2.05) is 0 Å². The first-order valence-corrected chi connectivity index (χ1v) is 9.68. The van der Waals surface area contributed by atoms with E-state index in [1.165, 1.54) is 16.7 Å². The van der Waals surface area contributed by atoms with Gasteiger partial charge in [-0.1, -0.05) is 17.7 Å². The van der Waals surface area contributed by atoms with Crippen LogP contribution in [0.1, 0.15) is 23.6 Å². The minimum Gasteiger partial charge on any atom is -0.314 e. The molecule has 0 fully saturated rings. The summed E-state index contributed by atoms with van der Waals surface area (Å²) < 4.78 is 67.4. The van der Waals surface area contributed by atoms with Gasteiger partial charge in [0.1, 0.15) is 11.6 Å². The Morgan fingerprint density at radius 1 is 1.35 bits per heavy atom. The quantitative estimate of drug-likeness (QED) is 0.844. The Labute approximate surface area is 153 Å². The number of hydrogen-bond acceptors (Lipinski definition) is 4. The lowest BCUT2D eigenvalue weighted by atomic mass is 9.97. The second-order valence-electron chi connectivity index (χ2n) is 6.10. The Hall–Kier alpha value is -1.65. The Bertz CT molecular complexity index is 927. The fourth-order valence-corrected chi connectivity index (χ4v) is 4.39. The van der Waals surface area contributed by atoms with Gasteiger partial charge < -0.3 is 4.57 Å². The number of alkyl halides is 3. The maximum Gasteiger partial charge on any atom is 0.392 e. The van der Waals surface area contributed by atoms with Gasteiger partial charge in [0.05, 0.1) is 17.4 Å². The summed E-state index contributed by atoms with van der Waals surface area (Å²) in [6.45, 7) is 1.52. The zero-order valence-electron chi connectivity index (χ0n) is 13.7. The molecule has 3 rings (SSSR count). The molecule has 1 atom stereocenters. The summed E-state index contributed by atoms with van der Waals surface area (Å²) in [5.74, 6) is -0.951. The Morgan fingerprint density at radius 3 is 2.77 bits per heavy atom. The van der Waals surface area contributed by atoms with E-state index in [1.54, 1.807) is 13.0 Å². The van der Waals surface area contributed by atoms with Crippen molar-refractivity contribution >= 4 is 21.6 Å². The second-order valence-corrected chi connectivity index (χ2v) is 8.25. The lowest BCUT2D eigenvalue weighted by Crippen LogP contribution is -2.32. The molecule has 0 radical (unpaired) electrons. The highest BCUT2D eigenvalue weighted by Crippen LogP contribution is 2.34. The van der Waals surface area contributed by atoms with Crippen LogP contribution < -0.4 is 4.72 Å². The topological polar surface area (TPSA) is 76.9 Å². The number of fused-ring (bicyclic) bond motifs is 1. The smallest absolute Gasteiger partial charge is 0.314 e. The van der Waals surface area contributed by atoms with Gasteiger partial charge in [-0.3, -0.25) is 0 Å². The van der Waals surface area contributed by atoms with E-state index in [2.05, 4.69) is 14.9 Å². The molecule has 0 bridgehead atoms. The van der Waals surface area contributed by atoms with Crippen LogP contribution in [0.15, 0.2) is 23.1 Å². The minimum atomic E-state index is -4.27. The molecule has 26 heavy (non-hydrogen) atoms. The van der Waals surface area contributed by atoms with Crippen LogP contribution in [0.25, 0.3) is 0 Å². The molecule has 6 nitrogen and oxygen atoms in total. The molecule has 0 spiro atoms. The lowest BCUT2D eigenvalue weighted by molar-refractivity contribution is -0.179. The van der Waals surface area contributed by atoms with Gasteiger partial charge in [0.2, 0.25) is 10.0 Å². The molecule has 1 aromatic heterocycles. The average molecular weight is 409 g/mol. The third-order valence-corrected chi connectivity index (χ3v) is 6.38. The number of aromatic nitrogens is 3. The van der Waals surface area contributed by atoms with E-state index in [-0.39, 0.29) is 42.5 Å². The van der Waals surface area contributed by atoms with Gasteiger partial charge in [-0.25, -0.2) is 13.1 Å². The number of sulfonamides is 1. The number of nitrogens with zero attached hydrogens (tertiary/aromatic N) is 3. The van der Waals surface area contributed by atoms with Crippen LogP contribution >= 0.6 is 11.6 Å². The predicted octanol–water partition coefficient (Wildman–Crippen LogP) is 2.84. The van der Waals surface area contributed by atoms with Gasteiger partial charge in [0, 0.05) is 18.0 Å². The minimum absolute atomic E-state index is 0.0421. The molecule has 1 aliphatic rings. The van der Waals surface area contributed by atoms with Gasteiger partial charge in [0.25, 0.3) is 0 Å². The molecule has 0 saturated carbocycles. The SMILES string of the molecule is Cc1c(Cl)cccc1S(=O)(=O)NCc1nnc2n1CCC(C(F)(F)F)C2. The molecule has 1 N–H and O–H groups in total. The van der Waals surface area contributed by atoms with Crippen molar-refractivity contribution in [2.45, 2.75) is 43.9 Å². The van der Waals surface area contributed by atoms with Crippen molar-refractivity contribution in [3.63, 3.8) is 0 Å². The van der Waals surface area contributed by atoms with Crippen LogP contribution in [0, 0.1) is 12.8 Å². The zero-order chi connectivity index (χ0) is 19.1. The Balaban J connectivity index is 1.76. The summed E-state index contributed by atoms with van der Waals surface area (Å²) in [6, 6.07) is 4.54. The highest BCUT2D eigenvalue weighted by molar-refractivity contribution is 7.89. The van der Waals surface area contributed by atoms with Crippen molar-refractivity contribution in [1.29, 1.82) is 0 Å². The molecular weight excluding hydrogens is 393 g/mol. The van der Waals surface area contributed by atoms with Crippen LogP contribution in [0.5, 0.6) is 0 Å². The zero-order valence-corrected chi connectivity index (χ0v) is 15.3. The molecule has 0 saturated heterocycles. The van der Waals surface area contributed by atoms with Crippen molar-refractivity contribution in [2.24, 2.45) is 5.92 Å². The molecule has 142 valence electrons. The molecular formula is C15H16ClF3N4O2S. The molecule has 1 aliphatic heterocycles. The number of halogens is 4. The van der Waals surface area contributed by atoms with Gasteiger partial charge in [-0.15, -0.1) is 10.2 Å². The first-order valence-electron chi connectivity index (χ1n) is 7.82. The molecule has 11 heteroatoms. The molecule has 0 amide bonds. The fourth-order valence-electron chi connectivity index (χ4n) is 2.92. The van der Waals surface area contributed by atoms with Crippen molar-refractivity contribution in [3.8, 4) is 0 Å². The Morgan fingerprint density at radius 2 is 2.08 bits per heavy atom. The molecule has 2 heterocycles. The van der Waals surface area contributed by atoms with Gasteiger partial charge >= 0.3 is 6.18 Å². The molecule has 1 aromatic carbocycles. The fraction of sp³-hybridized carbons (Fsp3) is 0.467. The van der Waals surface area contributed by atoms with Crippen LogP contribution in [0.4, 0.5) is 13.2 Å². The summed E-state index contributed by atoms with van der Waals surface area (Å²) in [5, 5.41) is 7.95. The number of benzene rings is 1. The highest BCUT2D eigenvalue weighted by atomic mass is 35.5. The van der Waals surface area contributed by atoms with Crippen LogP contribution in [-0.4, -0.2) is 29.4 Å². The summed E-state index contributed by atoms with van der Waals surface area (Å²) >= 11 is 5.95.